The molecule has 1 aromatic rings. The van der Waals surface area contributed by atoms with Crippen LogP contribution in [0, 0.1) is 16.7 Å². The van der Waals surface area contributed by atoms with Gasteiger partial charge in [-0.2, -0.15) is 5.26 Å². The molecule has 1 heterocycles. The van der Waals surface area contributed by atoms with Gasteiger partial charge in [0, 0.05) is 5.41 Å². The largest absolute Gasteiger partial charge is 0.316 e. The number of nitrogens with zero attached hydrogens (tertiary/aromatic N) is 1. The first-order valence-corrected chi connectivity index (χ1v) is 5.12. The van der Waals surface area contributed by atoms with Crippen LogP contribution in [-0.2, 0) is 4.79 Å². The van der Waals surface area contributed by atoms with Crippen LogP contribution in [-0.4, -0.2) is 5.91 Å². The SMILES string of the molecule is CC(C)(C)C(=O)Nc1sccc1C#N. The van der Waals surface area contributed by atoms with E-state index in [1.165, 1.54) is 11.3 Å². The highest BCUT2D eigenvalue weighted by Gasteiger charge is 2.22. The lowest BCUT2D eigenvalue weighted by atomic mass is 9.96. The van der Waals surface area contributed by atoms with Gasteiger partial charge in [-0.1, -0.05) is 20.8 Å². The van der Waals surface area contributed by atoms with Gasteiger partial charge in [-0.3, -0.25) is 4.79 Å². The van der Waals surface area contributed by atoms with Crippen LogP contribution in [0.4, 0.5) is 5.00 Å². The summed E-state index contributed by atoms with van der Waals surface area (Å²) in [5.74, 6) is -0.0727. The van der Waals surface area contributed by atoms with Crippen molar-refractivity contribution in [3.05, 3.63) is 17.0 Å². The molecular weight excluding hydrogens is 196 g/mol. The van der Waals surface area contributed by atoms with Crippen LogP contribution >= 0.6 is 11.3 Å². The van der Waals surface area contributed by atoms with Crippen LogP contribution < -0.4 is 5.32 Å². The second kappa shape index (κ2) is 3.81. The number of nitriles is 1. The summed E-state index contributed by atoms with van der Waals surface area (Å²) in [6, 6.07) is 3.73. The molecule has 0 atom stereocenters. The number of amides is 1. The van der Waals surface area contributed by atoms with Crippen LogP contribution in [0.1, 0.15) is 26.3 Å². The average molecular weight is 208 g/mol. The Morgan fingerprint density at radius 2 is 2.21 bits per heavy atom. The Balaban J connectivity index is 2.81. The Morgan fingerprint density at radius 3 is 2.71 bits per heavy atom. The smallest absolute Gasteiger partial charge is 0.230 e. The molecule has 0 radical (unpaired) electrons. The highest BCUT2D eigenvalue weighted by atomic mass is 32.1. The number of thiophene rings is 1. The molecule has 0 aliphatic rings. The van der Waals surface area contributed by atoms with Crippen molar-refractivity contribution in [1.29, 1.82) is 5.26 Å². The number of rotatable bonds is 1. The van der Waals surface area contributed by atoms with Gasteiger partial charge in [0.15, 0.2) is 0 Å². The molecule has 0 fully saturated rings. The van der Waals surface area contributed by atoms with Gasteiger partial charge in [0.25, 0.3) is 0 Å². The van der Waals surface area contributed by atoms with E-state index in [4.69, 9.17) is 5.26 Å². The molecule has 4 heteroatoms. The van der Waals surface area contributed by atoms with Crippen LogP contribution in [0.5, 0.6) is 0 Å². The summed E-state index contributed by atoms with van der Waals surface area (Å²) in [7, 11) is 0. The number of hydrogen-bond acceptors (Lipinski definition) is 3. The minimum Gasteiger partial charge on any atom is -0.316 e. The Morgan fingerprint density at radius 1 is 1.57 bits per heavy atom. The van der Waals surface area contributed by atoms with Gasteiger partial charge in [-0.15, -0.1) is 11.3 Å². The van der Waals surface area contributed by atoms with Crippen molar-refractivity contribution in [2.45, 2.75) is 20.8 Å². The van der Waals surface area contributed by atoms with E-state index in [1.807, 2.05) is 26.8 Å². The lowest BCUT2D eigenvalue weighted by molar-refractivity contribution is -0.123. The summed E-state index contributed by atoms with van der Waals surface area (Å²) in [4.78, 5) is 11.6. The van der Waals surface area contributed by atoms with Gasteiger partial charge in [0.1, 0.15) is 11.1 Å². The monoisotopic (exact) mass is 208 g/mol. The zero-order valence-corrected chi connectivity index (χ0v) is 9.23. The maximum Gasteiger partial charge on any atom is 0.230 e. The maximum atomic E-state index is 11.6. The second-order valence-electron chi connectivity index (χ2n) is 3.98. The van der Waals surface area contributed by atoms with Gasteiger partial charge >= 0.3 is 0 Å². The zero-order valence-electron chi connectivity index (χ0n) is 8.42. The van der Waals surface area contributed by atoms with Gasteiger partial charge < -0.3 is 5.32 Å². The Bertz CT molecular complexity index is 382. The molecular formula is C10H12N2OS. The Hall–Kier alpha value is -1.34. The highest BCUT2D eigenvalue weighted by molar-refractivity contribution is 7.14. The molecule has 1 N–H and O–H groups in total. The first-order chi connectivity index (χ1) is 6.45. The van der Waals surface area contributed by atoms with Crippen LogP contribution in [0.2, 0.25) is 0 Å². The van der Waals surface area contributed by atoms with Crippen molar-refractivity contribution in [3.63, 3.8) is 0 Å². The van der Waals surface area contributed by atoms with Gasteiger partial charge in [0.05, 0.1) is 5.56 Å². The lowest BCUT2D eigenvalue weighted by Gasteiger charge is -2.16. The molecule has 0 bridgehead atoms. The number of hydrogen-bond donors (Lipinski definition) is 1. The second-order valence-corrected chi connectivity index (χ2v) is 4.90. The van der Waals surface area contributed by atoms with E-state index < -0.39 is 5.41 Å². The summed E-state index contributed by atoms with van der Waals surface area (Å²) < 4.78 is 0. The van der Waals surface area contributed by atoms with E-state index >= 15 is 0 Å². The van der Waals surface area contributed by atoms with Crippen LogP contribution in [0.3, 0.4) is 0 Å². The third-order valence-electron chi connectivity index (χ3n) is 1.69. The van der Waals surface area contributed by atoms with Gasteiger partial charge in [0.2, 0.25) is 5.91 Å². The number of carbonyl (C=O) groups is 1. The van der Waals surface area contributed by atoms with Crippen molar-refractivity contribution in [2.24, 2.45) is 5.41 Å². The van der Waals surface area contributed by atoms with E-state index in [2.05, 4.69) is 5.32 Å². The molecule has 0 unspecified atom stereocenters. The van der Waals surface area contributed by atoms with Crippen molar-refractivity contribution >= 4 is 22.2 Å². The van der Waals surface area contributed by atoms with Crippen molar-refractivity contribution in [2.75, 3.05) is 5.32 Å². The highest BCUT2D eigenvalue weighted by Crippen LogP contribution is 2.25. The van der Waals surface area contributed by atoms with E-state index in [9.17, 15) is 4.79 Å². The van der Waals surface area contributed by atoms with Crippen LogP contribution in [0.25, 0.3) is 0 Å². The van der Waals surface area contributed by atoms with Crippen molar-refractivity contribution < 1.29 is 4.79 Å². The number of nitrogens with one attached hydrogen (secondary N) is 1. The summed E-state index contributed by atoms with van der Waals surface area (Å²) in [5.41, 5.74) is 0.0871. The molecule has 0 aromatic carbocycles. The molecule has 0 saturated carbocycles. The zero-order chi connectivity index (χ0) is 10.8. The molecule has 1 aromatic heterocycles. The first kappa shape index (κ1) is 10.7. The first-order valence-electron chi connectivity index (χ1n) is 4.24. The summed E-state index contributed by atoms with van der Waals surface area (Å²) in [5, 5.41) is 13.9. The summed E-state index contributed by atoms with van der Waals surface area (Å²) >= 11 is 1.36. The molecule has 14 heavy (non-hydrogen) atoms. The quantitative estimate of drug-likeness (QED) is 0.771. The predicted octanol–water partition coefficient (Wildman–Crippen LogP) is 2.60. The van der Waals surface area contributed by atoms with E-state index in [0.29, 0.717) is 10.6 Å². The summed E-state index contributed by atoms with van der Waals surface area (Å²) in [6.45, 7) is 5.51. The third-order valence-corrected chi connectivity index (χ3v) is 2.52. The van der Waals surface area contributed by atoms with Crippen molar-refractivity contribution in [1.82, 2.24) is 0 Å². The molecule has 0 aliphatic carbocycles. The number of carbonyl (C=O) groups excluding carboxylic acids is 1. The summed E-state index contributed by atoms with van der Waals surface area (Å²) in [6.07, 6.45) is 0. The average Bonchev–Trinajstić information content (AvgIpc) is 2.50. The molecule has 0 aliphatic heterocycles. The minimum absolute atomic E-state index is 0.0727. The third kappa shape index (κ3) is 2.33. The standard InChI is InChI=1S/C10H12N2OS/c1-10(2,3)9(13)12-8-7(6-11)4-5-14-8/h4-5H,1-3H3,(H,12,13). The lowest BCUT2D eigenvalue weighted by Crippen LogP contribution is -2.27. The fraction of sp³-hybridized carbons (Fsp3) is 0.400. The van der Waals surface area contributed by atoms with E-state index in [-0.39, 0.29) is 5.91 Å². The molecule has 0 spiro atoms. The Kier molecular flexibility index (Phi) is 2.92. The van der Waals surface area contributed by atoms with Crippen LogP contribution in [0.15, 0.2) is 11.4 Å². The van der Waals surface area contributed by atoms with E-state index in [1.54, 1.807) is 11.4 Å². The topological polar surface area (TPSA) is 52.9 Å². The van der Waals surface area contributed by atoms with Gasteiger partial charge in [-0.25, -0.2) is 0 Å². The maximum absolute atomic E-state index is 11.6. The predicted molar refractivity (Wildman–Crippen MR) is 57.1 cm³/mol. The number of anilines is 1. The normalized spacial score (nSPS) is 10.7. The minimum atomic E-state index is -0.434. The van der Waals surface area contributed by atoms with Crippen molar-refractivity contribution in [3.8, 4) is 6.07 Å². The van der Waals surface area contributed by atoms with Gasteiger partial charge in [-0.05, 0) is 11.4 Å². The fourth-order valence-electron chi connectivity index (χ4n) is 0.785. The molecule has 0 saturated heterocycles. The molecule has 1 rings (SSSR count). The fourth-order valence-corrected chi connectivity index (χ4v) is 1.52. The molecule has 1 amide bonds. The molecule has 3 nitrogen and oxygen atoms in total. The Labute approximate surface area is 87.4 Å². The molecule has 74 valence electrons. The van der Waals surface area contributed by atoms with E-state index in [0.717, 1.165) is 0 Å².